The molecule has 0 saturated heterocycles. The van der Waals surface area contributed by atoms with Gasteiger partial charge in [-0.2, -0.15) is 0 Å². The number of anilines is 1. The molecule has 0 saturated carbocycles. The van der Waals surface area contributed by atoms with E-state index < -0.39 is 5.97 Å². The number of hydrogen-bond acceptors (Lipinski definition) is 5. The number of methoxy groups -OCH3 is 2. The third kappa shape index (κ3) is 6.01. The first-order chi connectivity index (χ1) is 13.5. The van der Waals surface area contributed by atoms with Crippen molar-refractivity contribution in [1.29, 1.82) is 0 Å². The van der Waals surface area contributed by atoms with Gasteiger partial charge in [0.2, 0.25) is 0 Å². The number of carbonyl (C=O) groups excluding carboxylic acids is 2. The predicted molar refractivity (Wildman–Crippen MR) is 108 cm³/mol. The molecule has 2 rings (SSSR count). The number of hydrogen-bond donors (Lipinski definition) is 1. The topological polar surface area (TPSA) is 73.9 Å². The molecule has 0 radical (unpaired) electrons. The molecule has 2 aromatic rings. The van der Waals surface area contributed by atoms with Gasteiger partial charge < -0.3 is 19.5 Å². The van der Waals surface area contributed by atoms with Gasteiger partial charge in [-0.1, -0.05) is 32.0 Å². The van der Waals surface area contributed by atoms with Gasteiger partial charge in [-0.3, -0.25) is 9.59 Å². The van der Waals surface area contributed by atoms with Crippen molar-refractivity contribution in [2.24, 2.45) is 0 Å². The zero-order valence-corrected chi connectivity index (χ0v) is 16.8. The van der Waals surface area contributed by atoms with Gasteiger partial charge in [0.25, 0.3) is 5.91 Å². The summed E-state index contributed by atoms with van der Waals surface area (Å²) in [5, 5.41) is 2.73. The van der Waals surface area contributed by atoms with Gasteiger partial charge in [-0.25, -0.2) is 0 Å². The molecule has 0 fully saturated rings. The summed E-state index contributed by atoms with van der Waals surface area (Å²) >= 11 is 0. The number of esters is 1. The van der Waals surface area contributed by atoms with Crippen molar-refractivity contribution in [2.45, 2.75) is 32.6 Å². The van der Waals surface area contributed by atoms with Gasteiger partial charge >= 0.3 is 5.97 Å². The van der Waals surface area contributed by atoms with E-state index in [1.807, 2.05) is 24.3 Å². The lowest BCUT2D eigenvalue weighted by molar-refractivity contribution is -0.146. The molecule has 150 valence electrons. The summed E-state index contributed by atoms with van der Waals surface area (Å²) in [4.78, 5) is 24.0. The molecule has 0 unspecified atom stereocenters. The van der Waals surface area contributed by atoms with Crippen LogP contribution in [0.5, 0.6) is 11.5 Å². The van der Waals surface area contributed by atoms with E-state index in [2.05, 4.69) is 19.2 Å². The van der Waals surface area contributed by atoms with Crippen LogP contribution in [0.1, 0.15) is 37.3 Å². The zero-order chi connectivity index (χ0) is 20.5. The van der Waals surface area contributed by atoms with Gasteiger partial charge in [-0.05, 0) is 47.7 Å². The fourth-order valence-electron chi connectivity index (χ4n) is 2.68. The molecule has 6 heteroatoms. The third-order valence-corrected chi connectivity index (χ3v) is 4.54. The Bertz CT molecular complexity index is 801. The Balaban J connectivity index is 1.83. The van der Waals surface area contributed by atoms with Crippen LogP contribution in [0.25, 0.3) is 0 Å². The molecule has 0 heterocycles. The second-order valence-corrected chi connectivity index (χ2v) is 6.51. The van der Waals surface area contributed by atoms with E-state index in [-0.39, 0.29) is 18.9 Å². The minimum atomic E-state index is -0.491. The summed E-state index contributed by atoms with van der Waals surface area (Å²) in [5.41, 5.74) is 2.61. The average Bonchev–Trinajstić information content (AvgIpc) is 2.72. The number of rotatable bonds is 9. The maximum Gasteiger partial charge on any atom is 0.310 e. The van der Waals surface area contributed by atoms with E-state index >= 15 is 0 Å². The maximum atomic E-state index is 12.0. The number of benzene rings is 2. The Hall–Kier alpha value is -3.02. The highest BCUT2D eigenvalue weighted by atomic mass is 16.5. The SMILES string of the molecule is CC[C@H](C)c1ccc(NC(=O)COC(=O)Cc2ccc(OC)c(OC)c2)cc1. The lowest BCUT2D eigenvalue weighted by atomic mass is 9.99. The summed E-state index contributed by atoms with van der Waals surface area (Å²) in [6.45, 7) is 3.96. The molecule has 6 nitrogen and oxygen atoms in total. The molecular formula is C22H27NO5. The molecule has 0 aromatic heterocycles. The van der Waals surface area contributed by atoms with E-state index in [0.29, 0.717) is 28.7 Å². The molecule has 2 aromatic carbocycles. The Morgan fingerprint density at radius 1 is 1.00 bits per heavy atom. The van der Waals surface area contributed by atoms with E-state index in [4.69, 9.17) is 14.2 Å². The van der Waals surface area contributed by atoms with Gasteiger partial charge in [0.05, 0.1) is 20.6 Å². The first-order valence-electron chi connectivity index (χ1n) is 9.23. The van der Waals surface area contributed by atoms with Crippen molar-refractivity contribution in [1.82, 2.24) is 0 Å². The molecule has 1 amide bonds. The summed E-state index contributed by atoms with van der Waals surface area (Å²) < 4.78 is 15.4. The van der Waals surface area contributed by atoms with E-state index in [0.717, 1.165) is 6.42 Å². The van der Waals surface area contributed by atoms with Gasteiger partial charge in [-0.15, -0.1) is 0 Å². The highest BCUT2D eigenvalue weighted by Gasteiger charge is 2.12. The number of ether oxygens (including phenoxy) is 3. The van der Waals surface area contributed by atoms with Crippen molar-refractivity contribution in [3.63, 3.8) is 0 Å². The molecule has 0 aliphatic heterocycles. The fraction of sp³-hybridized carbons (Fsp3) is 0.364. The van der Waals surface area contributed by atoms with Crippen LogP contribution >= 0.6 is 0 Å². The van der Waals surface area contributed by atoms with E-state index in [9.17, 15) is 9.59 Å². The lowest BCUT2D eigenvalue weighted by Crippen LogP contribution is -2.21. The van der Waals surface area contributed by atoms with Crippen LogP contribution in [0.4, 0.5) is 5.69 Å². The monoisotopic (exact) mass is 385 g/mol. The summed E-state index contributed by atoms with van der Waals surface area (Å²) in [6, 6.07) is 12.9. The first kappa shape index (κ1) is 21.3. The third-order valence-electron chi connectivity index (χ3n) is 4.54. The van der Waals surface area contributed by atoms with Crippen LogP contribution < -0.4 is 14.8 Å². The number of carbonyl (C=O) groups is 2. The number of nitrogens with one attached hydrogen (secondary N) is 1. The molecule has 0 aliphatic carbocycles. The van der Waals surface area contributed by atoms with Crippen molar-refractivity contribution in [3.05, 3.63) is 53.6 Å². The van der Waals surface area contributed by atoms with Crippen molar-refractivity contribution >= 4 is 17.6 Å². The van der Waals surface area contributed by atoms with Crippen molar-refractivity contribution in [2.75, 3.05) is 26.1 Å². The fourth-order valence-corrected chi connectivity index (χ4v) is 2.68. The van der Waals surface area contributed by atoms with Crippen LogP contribution in [0.3, 0.4) is 0 Å². The Labute approximate surface area is 165 Å². The standard InChI is InChI=1S/C22H27NO5/c1-5-15(2)17-7-9-18(10-8-17)23-21(24)14-28-22(25)13-16-6-11-19(26-3)20(12-16)27-4/h6-12,15H,5,13-14H2,1-4H3,(H,23,24)/t15-/m0/s1. The molecule has 0 aliphatic rings. The molecule has 28 heavy (non-hydrogen) atoms. The predicted octanol–water partition coefficient (Wildman–Crippen LogP) is 3.94. The normalized spacial score (nSPS) is 11.4. The molecule has 1 N–H and O–H groups in total. The van der Waals surface area contributed by atoms with Crippen LogP contribution in [-0.2, 0) is 20.7 Å². The van der Waals surface area contributed by atoms with Crippen molar-refractivity contribution < 1.29 is 23.8 Å². The molecule has 0 bridgehead atoms. The summed E-state index contributed by atoms with van der Waals surface area (Å²) in [7, 11) is 3.07. The van der Waals surface area contributed by atoms with Crippen LogP contribution in [0.15, 0.2) is 42.5 Å². The molecule has 1 atom stereocenters. The molecule has 0 spiro atoms. The number of amides is 1. The van der Waals surface area contributed by atoms with Crippen LogP contribution in [0.2, 0.25) is 0 Å². The first-order valence-corrected chi connectivity index (χ1v) is 9.23. The Kier molecular flexibility index (Phi) is 7.87. The zero-order valence-electron chi connectivity index (χ0n) is 16.8. The second kappa shape index (κ2) is 10.3. The summed E-state index contributed by atoms with van der Waals surface area (Å²) in [6.07, 6.45) is 1.10. The minimum absolute atomic E-state index is 0.0389. The smallest absolute Gasteiger partial charge is 0.310 e. The second-order valence-electron chi connectivity index (χ2n) is 6.51. The van der Waals surface area contributed by atoms with Gasteiger partial charge in [0.15, 0.2) is 18.1 Å². The Morgan fingerprint density at radius 2 is 1.68 bits per heavy atom. The van der Waals surface area contributed by atoms with Gasteiger partial charge in [0, 0.05) is 5.69 Å². The lowest BCUT2D eigenvalue weighted by Gasteiger charge is -2.11. The largest absolute Gasteiger partial charge is 0.493 e. The van der Waals surface area contributed by atoms with E-state index in [1.54, 1.807) is 25.3 Å². The van der Waals surface area contributed by atoms with Crippen LogP contribution in [-0.4, -0.2) is 32.7 Å². The van der Waals surface area contributed by atoms with Crippen LogP contribution in [0, 0.1) is 0 Å². The highest BCUT2D eigenvalue weighted by molar-refractivity contribution is 5.92. The maximum absolute atomic E-state index is 12.0. The molecular weight excluding hydrogens is 358 g/mol. The Morgan fingerprint density at radius 3 is 2.29 bits per heavy atom. The van der Waals surface area contributed by atoms with Crippen molar-refractivity contribution in [3.8, 4) is 11.5 Å². The van der Waals surface area contributed by atoms with E-state index in [1.165, 1.54) is 12.7 Å². The quantitative estimate of drug-likeness (QED) is 0.662. The highest BCUT2D eigenvalue weighted by Crippen LogP contribution is 2.27. The van der Waals surface area contributed by atoms with Gasteiger partial charge in [0.1, 0.15) is 0 Å². The summed E-state index contributed by atoms with van der Waals surface area (Å²) in [5.74, 6) is 0.721. The average molecular weight is 385 g/mol. The minimum Gasteiger partial charge on any atom is -0.493 e.